The Balaban J connectivity index is 1.58. The summed E-state index contributed by atoms with van der Waals surface area (Å²) in [4.78, 5) is 14.2. The number of carbonyl (C=O) groups is 1. The summed E-state index contributed by atoms with van der Waals surface area (Å²) in [5.41, 5.74) is 0. The summed E-state index contributed by atoms with van der Waals surface area (Å²) in [6.45, 7) is 2.08. The highest BCUT2D eigenvalue weighted by Crippen LogP contribution is 2.19. The molecule has 2 heterocycles. The van der Waals surface area contributed by atoms with Gasteiger partial charge in [-0.3, -0.25) is 4.79 Å². The number of hydrogen-bond donors (Lipinski definition) is 1. The van der Waals surface area contributed by atoms with Crippen molar-refractivity contribution in [3.63, 3.8) is 0 Å². The number of carbonyl (C=O) groups excluding carboxylic acids is 1. The van der Waals surface area contributed by atoms with Crippen LogP contribution in [0.25, 0.3) is 0 Å². The molecule has 122 valence electrons. The number of benzene rings is 1. The second-order valence-electron chi connectivity index (χ2n) is 5.57. The Kier molecular flexibility index (Phi) is 5.03. The van der Waals surface area contributed by atoms with E-state index in [0.717, 1.165) is 29.7 Å². The van der Waals surface area contributed by atoms with Crippen molar-refractivity contribution in [2.45, 2.75) is 19.1 Å². The molecule has 1 saturated heterocycles. The van der Waals surface area contributed by atoms with Crippen molar-refractivity contribution in [2.24, 2.45) is 0 Å². The van der Waals surface area contributed by atoms with Gasteiger partial charge in [-0.1, -0.05) is 15.9 Å². The Bertz CT molecular complexity index is 663. The van der Waals surface area contributed by atoms with Gasteiger partial charge in [0, 0.05) is 24.1 Å². The molecule has 23 heavy (non-hydrogen) atoms. The molecule has 1 aliphatic rings. The Hall–Kier alpha value is -1.79. The lowest BCUT2D eigenvalue weighted by molar-refractivity contribution is 0.0707. The van der Waals surface area contributed by atoms with Gasteiger partial charge >= 0.3 is 0 Å². The molecule has 5 nitrogen and oxygen atoms in total. The summed E-state index contributed by atoms with van der Waals surface area (Å²) >= 11 is 3.38. The molecule has 1 aromatic carbocycles. The molecule has 1 aliphatic heterocycles. The quantitative estimate of drug-likeness (QED) is 0.868. The van der Waals surface area contributed by atoms with Gasteiger partial charge < -0.3 is 19.4 Å². The van der Waals surface area contributed by atoms with E-state index in [1.54, 1.807) is 17.0 Å². The lowest BCUT2D eigenvalue weighted by atomic mass is 10.2. The number of amides is 1. The molecule has 3 rings (SSSR count). The zero-order valence-corrected chi connectivity index (χ0v) is 14.5. The summed E-state index contributed by atoms with van der Waals surface area (Å²) in [7, 11) is 1.82. The third-order valence-corrected chi connectivity index (χ3v) is 4.50. The van der Waals surface area contributed by atoms with Crippen LogP contribution in [0.1, 0.15) is 22.7 Å². The van der Waals surface area contributed by atoms with Gasteiger partial charge in [0.2, 0.25) is 0 Å². The zero-order valence-electron chi connectivity index (χ0n) is 12.9. The van der Waals surface area contributed by atoms with Crippen LogP contribution in [-0.4, -0.2) is 37.0 Å². The molecule has 0 aliphatic carbocycles. The molecule has 0 radical (unpaired) electrons. The Morgan fingerprint density at radius 3 is 2.83 bits per heavy atom. The van der Waals surface area contributed by atoms with Crippen LogP contribution in [0.2, 0.25) is 0 Å². The number of rotatable bonds is 5. The average molecular weight is 379 g/mol. The first kappa shape index (κ1) is 16.1. The number of hydrogen-bond acceptors (Lipinski definition) is 4. The van der Waals surface area contributed by atoms with E-state index in [1.807, 2.05) is 31.3 Å². The van der Waals surface area contributed by atoms with Gasteiger partial charge in [-0.15, -0.1) is 0 Å². The highest BCUT2D eigenvalue weighted by molar-refractivity contribution is 9.10. The fourth-order valence-electron chi connectivity index (χ4n) is 2.57. The second-order valence-corrected chi connectivity index (χ2v) is 6.49. The maximum atomic E-state index is 12.4. The first-order valence-electron chi connectivity index (χ1n) is 7.58. The third-order valence-electron chi connectivity index (χ3n) is 3.97. The van der Waals surface area contributed by atoms with Crippen LogP contribution in [0, 0.1) is 0 Å². The van der Waals surface area contributed by atoms with Crippen LogP contribution in [0.3, 0.4) is 0 Å². The van der Waals surface area contributed by atoms with Crippen LogP contribution >= 0.6 is 15.9 Å². The normalized spacial score (nSPS) is 17.2. The van der Waals surface area contributed by atoms with Crippen LogP contribution in [0.4, 0.5) is 0 Å². The number of halogens is 1. The van der Waals surface area contributed by atoms with Crippen molar-refractivity contribution in [3.8, 4) is 5.75 Å². The number of ether oxygens (including phenoxy) is 1. The van der Waals surface area contributed by atoms with E-state index in [-0.39, 0.29) is 11.9 Å². The summed E-state index contributed by atoms with van der Waals surface area (Å²) in [6, 6.07) is 11.3. The molecule has 1 aromatic heterocycles. The molecular weight excluding hydrogens is 360 g/mol. The van der Waals surface area contributed by atoms with Gasteiger partial charge in [-0.2, -0.15) is 0 Å². The minimum Gasteiger partial charge on any atom is -0.486 e. The number of nitrogens with zero attached hydrogens (tertiary/aromatic N) is 1. The van der Waals surface area contributed by atoms with E-state index in [4.69, 9.17) is 9.15 Å². The van der Waals surface area contributed by atoms with Crippen LogP contribution in [-0.2, 0) is 6.61 Å². The largest absolute Gasteiger partial charge is 0.486 e. The SMILES string of the molecule is CN(C(=O)c1ccc(COc2ccc(Br)cc2)o1)C1CCNC1. The topological polar surface area (TPSA) is 54.7 Å². The van der Waals surface area contributed by atoms with Crippen LogP contribution < -0.4 is 10.1 Å². The fraction of sp³-hybridized carbons (Fsp3) is 0.353. The molecule has 0 spiro atoms. The van der Waals surface area contributed by atoms with Crippen molar-refractivity contribution in [1.82, 2.24) is 10.2 Å². The van der Waals surface area contributed by atoms with E-state index in [1.165, 1.54) is 0 Å². The number of likely N-dealkylation sites (N-methyl/N-ethyl adjacent to an activating group) is 1. The molecule has 0 saturated carbocycles. The second kappa shape index (κ2) is 7.19. The fourth-order valence-corrected chi connectivity index (χ4v) is 2.83. The number of nitrogens with one attached hydrogen (secondary N) is 1. The summed E-state index contributed by atoms with van der Waals surface area (Å²) < 4.78 is 12.3. The van der Waals surface area contributed by atoms with E-state index in [9.17, 15) is 4.79 Å². The average Bonchev–Trinajstić information content (AvgIpc) is 3.24. The Labute approximate surface area is 143 Å². The molecule has 1 amide bonds. The molecular formula is C17H19BrN2O3. The van der Waals surface area contributed by atoms with E-state index < -0.39 is 0 Å². The van der Waals surface area contributed by atoms with E-state index in [0.29, 0.717) is 18.1 Å². The summed E-state index contributed by atoms with van der Waals surface area (Å²) in [5.74, 6) is 1.66. The van der Waals surface area contributed by atoms with Crippen molar-refractivity contribution in [3.05, 3.63) is 52.4 Å². The highest BCUT2D eigenvalue weighted by Gasteiger charge is 2.25. The summed E-state index contributed by atoms with van der Waals surface area (Å²) in [6.07, 6.45) is 0.975. The van der Waals surface area contributed by atoms with Gasteiger partial charge in [-0.25, -0.2) is 0 Å². The van der Waals surface area contributed by atoms with Crippen molar-refractivity contribution in [1.29, 1.82) is 0 Å². The van der Waals surface area contributed by atoms with Gasteiger partial charge in [0.15, 0.2) is 5.76 Å². The van der Waals surface area contributed by atoms with Crippen molar-refractivity contribution < 1.29 is 13.9 Å². The van der Waals surface area contributed by atoms with Gasteiger partial charge in [0.1, 0.15) is 18.1 Å². The van der Waals surface area contributed by atoms with Gasteiger partial charge in [0.25, 0.3) is 5.91 Å². The Morgan fingerprint density at radius 2 is 2.13 bits per heavy atom. The standard InChI is InChI=1S/C17H19BrN2O3/c1-20(13-8-9-19-10-13)17(21)16-7-6-15(23-16)11-22-14-4-2-12(18)3-5-14/h2-7,13,19H,8-11H2,1H3. The van der Waals surface area contributed by atoms with Crippen LogP contribution in [0.15, 0.2) is 45.3 Å². The molecule has 6 heteroatoms. The minimum absolute atomic E-state index is 0.0893. The molecule has 1 atom stereocenters. The highest BCUT2D eigenvalue weighted by atomic mass is 79.9. The van der Waals surface area contributed by atoms with Crippen molar-refractivity contribution in [2.75, 3.05) is 20.1 Å². The Morgan fingerprint density at radius 1 is 1.35 bits per heavy atom. The number of furan rings is 1. The monoisotopic (exact) mass is 378 g/mol. The first-order valence-corrected chi connectivity index (χ1v) is 8.38. The van der Waals surface area contributed by atoms with Crippen molar-refractivity contribution >= 4 is 21.8 Å². The molecule has 1 fully saturated rings. The lowest BCUT2D eigenvalue weighted by Gasteiger charge is -2.22. The third kappa shape index (κ3) is 3.95. The molecule has 1 unspecified atom stereocenters. The maximum absolute atomic E-state index is 12.4. The van der Waals surface area contributed by atoms with E-state index >= 15 is 0 Å². The van der Waals surface area contributed by atoms with Gasteiger partial charge in [0.05, 0.1) is 0 Å². The first-order chi connectivity index (χ1) is 11.1. The van der Waals surface area contributed by atoms with E-state index in [2.05, 4.69) is 21.2 Å². The predicted octanol–water partition coefficient (Wildman–Crippen LogP) is 3.06. The van der Waals surface area contributed by atoms with Crippen LogP contribution in [0.5, 0.6) is 5.75 Å². The van der Waals surface area contributed by atoms with Gasteiger partial charge in [-0.05, 0) is 49.4 Å². The zero-order chi connectivity index (χ0) is 16.2. The minimum atomic E-state index is -0.0893. The lowest BCUT2D eigenvalue weighted by Crippen LogP contribution is -2.38. The molecule has 2 aromatic rings. The predicted molar refractivity (Wildman–Crippen MR) is 90.6 cm³/mol. The maximum Gasteiger partial charge on any atom is 0.289 e. The molecule has 0 bridgehead atoms. The smallest absolute Gasteiger partial charge is 0.289 e. The molecule has 1 N–H and O–H groups in total. The summed E-state index contributed by atoms with van der Waals surface area (Å²) in [5, 5.41) is 3.26.